The molecule has 0 aliphatic rings. The summed E-state index contributed by atoms with van der Waals surface area (Å²) < 4.78 is 55.1. The smallest absolute Gasteiger partial charge is 0.497 e. The summed E-state index contributed by atoms with van der Waals surface area (Å²) >= 11 is 0. The van der Waals surface area contributed by atoms with Crippen LogP contribution in [0.25, 0.3) is 5.53 Å². The number of hydrogen-bond donors (Lipinski definition) is 1. The molecular formula is C17H18N2O6S2. The maximum atomic E-state index is 13.0. The van der Waals surface area contributed by atoms with Crippen LogP contribution < -0.4 is 4.74 Å². The second kappa shape index (κ2) is 7.61. The van der Waals surface area contributed by atoms with Crippen molar-refractivity contribution in [1.82, 2.24) is 0 Å². The van der Waals surface area contributed by atoms with Gasteiger partial charge in [0.2, 0.25) is 0 Å². The lowest BCUT2D eigenvalue weighted by Crippen LogP contribution is -2.27. The molecule has 1 N–H and O–H groups in total. The van der Waals surface area contributed by atoms with E-state index in [0.717, 1.165) is 12.1 Å². The van der Waals surface area contributed by atoms with E-state index in [4.69, 9.17) is 4.74 Å². The SMILES string of the molecule is COc1ccc(S(=O)(=O)C(=[N+]=[N-])S(=O)(=O)c2c(C)cc(C)cc2CO)cc1. The third kappa shape index (κ3) is 3.79. The predicted octanol–water partition coefficient (Wildman–Crippen LogP) is 1.64. The van der Waals surface area contributed by atoms with Gasteiger partial charge in [-0.25, -0.2) is 16.8 Å². The minimum absolute atomic E-state index is 0.0126. The zero-order chi connectivity index (χ0) is 20.4. The molecule has 8 nitrogen and oxygen atoms in total. The Bertz CT molecular complexity index is 1130. The highest BCUT2D eigenvalue weighted by Crippen LogP contribution is 2.28. The Morgan fingerprint density at radius 1 is 1.07 bits per heavy atom. The molecule has 0 aromatic heterocycles. The van der Waals surface area contributed by atoms with Gasteiger partial charge in [0.1, 0.15) is 5.75 Å². The van der Waals surface area contributed by atoms with Crippen molar-refractivity contribution in [3.63, 3.8) is 0 Å². The zero-order valence-electron chi connectivity index (χ0n) is 14.9. The van der Waals surface area contributed by atoms with Crippen molar-refractivity contribution in [2.45, 2.75) is 30.2 Å². The zero-order valence-corrected chi connectivity index (χ0v) is 16.5. The maximum absolute atomic E-state index is 13.0. The molecule has 2 aromatic rings. The van der Waals surface area contributed by atoms with E-state index in [-0.39, 0.29) is 16.0 Å². The third-order valence-corrected chi connectivity index (χ3v) is 8.26. The summed E-state index contributed by atoms with van der Waals surface area (Å²) in [5.74, 6) is 0.372. The fourth-order valence-electron chi connectivity index (χ4n) is 2.74. The molecule has 144 valence electrons. The molecule has 0 atom stereocenters. The Balaban J connectivity index is 2.71. The number of aryl methyl sites for hydroxylation is 2. The molecule has 0 bridgehead atoms. The van der Waals surface area contributed by atoms with Crippen molar-refractivity contribution >= 4 is 24.1 Å². The van der Waals surface area contributed by atoms with Crippen LogP contribution in [-0.2, 0) is 26.3 Å². The second-order valence-corrected chi connectivity index (χ2v) is 9.70. The van der Waals surface area contributed by atoms with Gasteiger partial charge in [-0.1, -0.05) is 17.7 Å². The van der Waals surface area contributed by atoms with Gasteiger partial charge >= 0.3 is 4.38 Å². The summed E-state index contributed by atoms with van der Waals surface area (Å²) in [6.07, 6.45) is 0. The van der Waals surface area contributed by atoms with Crippen LogP contribution in [0.2, 0.25) is 0 Å². The average Bonchev–Trinajstić information content (AvgIpc) is 2.60. The fourth-order valence-corrected chi connectivity index (χ4v) is 6.47. The molecular weight excluding hydrogens is 392 g/mol. The predicted molar refractivity (Wildman–Crippen MR) is 97.8 cm³/mol. The standard InChI is InChI=1S/C17H18N2O6S2/c1-11-8-12(2)16(13(9-11)10-20)27(23,24)17(19-18)26(21,22)15-6-4-14(25-3)5-7-15/h4-9,20H,10H2,1-3H3. The van der Waals surface area contributed by atoms with E-state index in [1.54, 1.807) is 6.92 Å². The molecule has 0 aliphatic heterocycles. The van der Waals surface area contributed by atoms with Crippen LogP contribution in [0.1, 0.15) is 16.7 Å². The molecule has 2 rings (SSSR count). The number of nitrogens with zero attached hydrogens (tertiary/aromatic N) is 2. The van der Waals surface area contributed by atoms with E-state index in [2.05, 4.69) is 4.79 Å². The van der Waals surface area contributed by atoms with Gasteiger partial charge in [-0.2, -0.15) is 0 Å². The molecule has 0 spiro atoms. The topological polar surface area (TPSA) is 134 Å². The number of methoxy groups -OCH3 is 1. The lowest BCUT2D eigenvalue weighted by atomic mass is 10.1. The molecule has 27 heavy (non-hydrogen) atoms. The summed E-state index contributed by atoms with van der Waals surface area (Å²) in [6.45, 7) is 2.55. The molecule has 0 saturated heterocycles. The summed E-state index contributed by atoms with van der Waals surface area (Å²) in [6, 6.07) is 7.92. The van der Waals surface area contributed by atoms with Gasteiger partial charge < -0.3 is 15.4 Å². The first-order valence-corrected chi connectivity index (χ1v) is 10.6. The number of rotatable bonds is 4. The van der Waals surface area contributed by atoms with Crippen LogP contribution in [-0.4, -0.2) is 38.2 Å². The highest BCUT2D eigenvalue weighted by Gasteiger charge is 2.45. The number of sulfone groups is 2. The molecule has 0 fully saturated rings. The average molecular weight is 410 g/mol. The number of benzene rings is 2. The van der Waals surface area contributed by atoms with E-state index in [1.807, 2.05) is 0 Å². The van der Waals surface area contributed by atoms with E-state index in [9.17, 15) is 27.5 Å². The minimum Gasteiger partial charge on any atom is -0.497 e. The first-order valence-electron chi connectivity index (χ1n) is 7.66. The van der Waals surface area contributed by atoms with Gasteiger partial charge in [-0.3, -0.25) is 0 Å². The van der Waals surface area contributed by atoms with Crippen LogP contribution in [0.5, 0.6) is 5.75 Å². The molecule has 0 amide bonds. The van der Waals surface area contributed by atoms with Gasteiger partial charge in [0.05, 0.1) is 23.5 Å². The lowest BCUT2D eigenvalue weighted by molar-refractivity contribution is 0.00379. The Hall–Kier alpha value is -2.52. The molecule has 2 aromatic carbocycles. The summed E-state index contributed by atoms with van der Waals surface area (Å²) in [5, 5.41) is 9.53. The Kier molecular flexibility index (Phi) is 5.86. The largest absolute Gasteiger partial charge is 0.504 e. The summed E-state index contributed by atoms with van der Waals surface area (Å²) in [7, 11) is -8.01. The fraction of sp³-hybridized carbons (Fsp3) is 0.235. The van der Waals surface area contributed by atoms with Crippen molar-refractivity contribution in [2.24, 2.45) is 0 Å². The molecule has 10 heteroatoms. The molecule has 0 unspecified atom stereocenters. The monoisotopic (exact) mass is 410 g/mol. The van der Waals surface area contributed by atoms with E-state index < -0.39 is 35.6 Å². The molecule has 0 heterocycles. The summed E-state index contributed by atoms with van der Waals surface area (Å²) in [5.41, 5.74) is 10.2. The Labute approximate surface area is 157 Å². The number of aliphatic hydroxyl groups is 1. The van der Waals surface area contributed by atoms with E-state index >= 15 is 0 Å². The highest BCUT2D eigenvalue weighted by atomic mass is 32.3. The van der Waals surface area contributed by atoms with Crippen molar-refractivity contribution in [1.29, 1.82) is 0 Å². The molecule has 0 radical (unpaired) electrons. The molecule has 0 aliphatic carbocycles. The van der Waals surface area contributed by atoms with Gasteiger partial charge in [-0.05, 0) is 49.2 Å². The third-order valence-electron chi connectivity index (χ3n) is 3.85. The first-order chi connectivity index (χ1) is 12.6. The number of ether oxygens (including phenoxy) is 1. The van der Waals surface area contributed by atoms with Crippen molar-refractivity contribution in [3.8, 4) is 5.75 Å². The van der Waals surface area contributed by atoms with Gasteiger partial charge in [0, 0.05) is 0 Å². The van der Waals surface area contributed by atoms with Crippen molar-refractivity contribution in [3.05, 3.63) is 58.6 Å². The second-order valence-electron chi connectivity index (χ2n) is 5.78. The normalized spacial score (nSPS) is 11.7. The lowest BCUT2D eigenvalue weighted by Gasteiger charge is -2.11. The van der Waals surface area contributed by atoms with E-state index in [0.29, 0.717) is 11.3 Å². The summed E-state index contributed by atoms with van der Waals surface area (Å²) in [4.78, 5) is 1.81. The van der Waals surface area contributed by atoms with Gasteiger partial charge in [0.25, 0.3) is 19.7 Å². The van der Waals surface area contributed by atoms with Gasteiger partial charge in [-0.15, -0.1) is 4.79 Å². The van der Waals surface area contributed by atoms with Crippen molar-refractivity contribution in [2.75, 3.05) is 7.11 Å². The van der Waals surface area contributed by atoms with Crippen LogP contribution in [0.15, 0.2) is 46.2 Å². The van der Waals surface area contributed by atoms with Crippen LogP contribution in [0.4, 0.5) is 0 Å². The quantitative estimate of drug-likeness (QED) is 0.352. The molecule has 0 saturated carbocycles. The van der Waals surface area contributed by atoms with Crippen LogP contribution in [0.3, 0.4) is 0 Å². The van der Waals surface area contributed by atoms with E-state index in [1.165, 1.54) is 38.3 Å². The van der Waals surface area contributed by atoms with Crippen LogP contribution >= 0.6 is 0 Å². The van der Waals surface area contributed by atoms with Crippen LogP contribution in [0, 0.1) is 13.8 Å². The Morgan fingerprint density at radius 2 is 1.67 bits per heavy atom. The minimum atomic E-state index is -4.74. The maximum Gasteiger partial charge on any atom is 0.504 e. The highest BCUT2D eigenvalue weighted by molar-refractivity contribution is 8.31. The Morgan fingerprint density at radius 3 is 2.15 bits per heavy atom. The number of aliphatic hydroxyl groups excluding tert-OH is 1. The first kappa shape index (κ1) is 20.8. The van der Waals surface area contributed by atoms with Crippen molar-refractivity contribution < 1.29 is 31.5 Å². The van der Waals surface area contributed by atoms with Gasteiger partial charge in [0.15, 0.2) is 0 Å². The number of hydrogen-bond acceptors (Lipinski definition) is 6.